The smallest absolute Gasteiger partial charge is 0.355 e. The van der Waals surface area contributed by atoms with Crippen LogP contribution in [0, 0.1) is 0 Å². The lowest BCUT2D eigenvalue weighted by Gasteiger charge is -2.23. The van der Waals surface area contributed by atoms with Crippen molar-refractivity contribution < 1.29 is 18.0 Å². The number of halogens is 3. The van der Waals surface area contributed by atoms with Crippen LogP contribution in [-0.4, -0.2) is 47.0 Å². The SMILES string of the molecule is O=C(c1cccnc1)N1CCCN(c2cccc(C(F)(F)F)n2)CC1. The first kappa shape index (κ1) is 17.2. The standard InChI is InChI=1S/C17H17F3N4O/c18-17(19,20)14-5-1-6-15(22-14)23-8-3-9-24(11-10-23)16(25)13-4-2-7-21-12-13/h1-2,4-7,12H,3,8-11H2. The highest BCUT2D eigenvalue weighted by Gasteiger charge is 2.33. The van der Waals surface area contributed by atoms with Gasteiger partial charge in [-0.3, -0.25) is 9.78 Å². The number of hydrogen-bond acceptors (Lipinski definition) is 4. The summed E-state index contributed by atoms with van der Waals surface area (Å²) in [5.74, 6) is 0.164. The minimum absolute atomic E-state index is 0.119. The molecule has 2 aromatic heterocycles. The average Bonchev–Trinajstić information content (AvgIpc) is 2.87. The van der Waals surface area contributed by atoms with Gasteiger partial charge in [0, 0.05) is 38.6 Å². The lowest BCUT2D eigenvalue weighted by Crippen LogP contribution is -2.35. The fourth-order valence-electron chi connectivity index (χ4n) is 2.78. The average molecular weight is 350 g/mol. The lowest BCUT2D eigenvalue weighted by molar-refractivity contribution is -0.141. The second kappa shape index (κ2) is 7.08. The summed E-state index contributed by atoms with van der Waals surface area (Å²) in [4.78, 5) is 23.6. The molecule has 0 N–H and O–H groups in total. The predicted molar refractivity (Wildman–Crippen MR) is 86.2 cm³/mol. The highest BCUT2D eigenvalue weighted by molar-refractivity contribution is 5.93. The Hall–Kier alpha value is -2.64. The summed E-state index contributed by atoms with van der Waals surface area (Å²) in [5.41, 5.74) is -0.398. The Morgan fingerprint density at radius 3 is 2.60 bits per heavy atom. The van der Waals surface area contributed by atoms with Gasteiger partial charge in [-0.05, 0) is 30.7 Å². The van der Waals surface area contributed by atoms with Gasteiger partial charge in [0.15, 0.2) is 0 Å². The molecular formula is C17H17F3N4O. The van der Waals surface area contributed by atoms with E-state index in [1.165, 1.54) is 12.3 Å². The number of rotatable bonds is 2. The first-order valence-electron chi connectivity index (χ1n) is 7.93. The molecule has 2 aromatic rings. The van der Waals surface area contributed by atoms with E-state index in [0.717, 1.165) is 6.07 Å². The number of hydrogen-bond donors (Lipinski definition) is 0. The van der Waals surface area contributed by atoms with E-state index in [9.17, 15) is 18.0 Å². The van der Waals surface area contributed by atoms with E-state index in [-0.39, 0.29) is 11.7 Å². The fourth-order valence-corrected chi connectivity index (χ4v) is 2.78. The molecule has 0 bridgehead atoms. The molecule has 5 nitrogen and oxygen atoms in total. The molecular weight excluding hydrogens is 333 g/mol. The molecule has 0 aromatic carbocycles. The third-order valence-electron chi connectivity index (χ3n) is 4.04. The summed E-state index contributed by atoms with van der Waals surface area (Å²) in [6, 6.07) is 7.28. The Labute approximate surface area is 143 Å². The third kappa shape index (κ3) is 4.07. The van der Waals surface area contributed by atoms with Gasteiger partial charge in [0.05, 0.1) is 5.56 Å². The molecule has 25 heavy (non-hydrogen) atoms. The van der Waals surface area contributed by atoms with Crippen LogP contribution in [0.1, 0.15) is 22.5 Å². The van der Waals surface area contributed by atoms with E-state index in [2.05, 4.69) is 9.97 Å². The van der Waals surface area contributed by atoms with Gasteiger partial charge in [0.1, 0.15) is 11.5 Å². The lowest BCUT2D eigenvalue weighted by atomic mass is 10.2. The summed E-state index contributed by atoms with van der Waals surface area (Å²) in [7, 11) is 0. The molecule has 0 radical (unpaired) electrons. The Morgan fingerprint density at radius 2 is 1.88 bits per heavy atom. The predicted octanol–water partition coefficient (Wildman–Crippen LogP) is 2.85. The van der Waals surface area contributed by atoms with Crippen molar-refractivity contribution in [3.63, 3.8) is 0 Å². The van der Waals surface area contributed by atoms with E-state index in [1.54, 1.807) is 34.2 Å². The van der Waals surface area contributed by atoms with Crippen LogP contribution in [0.5, 0.6) is 0 Å². The van der Waals surface area contributed by atoms with Crippen molar-refractivity contribution in [1.29, 1.82) is 0 Å². The Bertz CT molecular complexity index is 736. The Morgan fingerprint density at radius 1 is 1.04 bits per heavy atom. The quantitative estimate of drug-likeness (QED) is 0.836. The molecule has 3 rings (SSSR count). The van der Waals surface area contributed by atoms with Crippen LogP contribution in [0.15, 0.2) is 42.7 Å². The van der Waals surface area contributed by atoms with Crippen LogP contribution in [0.4, 0.5) is 19.0 Å². The number of pyridine rings is 2. The molecule has 1 aliphatic rings. The van der Waals surface area contributed by atoms with Crippen molar-refractivity contribution in [2.45, 2.75) is 12.6 Å². The van der Waals surface area contributed by atoms with Crippen molar-refractivity contribution in [2.24, 2.45) is 0 Å². The Kier molecular flexibility index (Phi) is 4.87. The topological polar surface area (TPSA) is 49.3 Å². The number of aromatic nitrogens is 2. The molecule has 1 amide bonds. The van der Waals surface area contributed by atoms with Crippen molar-refractivity contribution in [1.82, 2.24) is 14.9 Å². The third-order valence-corrected chi connectivity index (χ3v) is 4.04. The molecule has 0 atom stereocenters. The number of alkyl halides is 3. The maximum atomic E-state index is 12.8. The molecule has 1 aliphatic heterocycles. The van der Waals surface area contributed by atoms with Crippen molar-refractivity contribution in [3.8, 4) is 0 Å². The van der Waals surface area contributed by atoms with Gasteiger partial charge in [-0.15, -0.1) is 0 Å². The molecule has 0 aliphatic carbocycles. The zero-order chi connectivity index (χ0) is 17.9. The van der Waals surface area contributed by atoms with E-state index >= 15 is 0 Å². The second-order valence-corrected chi connectivity index (χ2v) is 5.75. The minimum Gasteiger partial charge on any atom is -0.355 e. The number of nitrogens with zero attached hydrogens (tertiary/aromatic N) is 4. The second-order valence-electron chi connectivity index (χ2n) is 5.75. The summed E-state index contributed by atoms with van der Waals surface area (Å²) in [5, 5.41) is 0. The first-order valence-corrected chi connectivity index (χ1v) is 7.93. The van der Waals surface area contributed by atoms with E-state index < -0.39 is 11.9 Å². The van der Waals surface area contributed by atoms with Gasteiger partial charge < -0.3 is 9.80 Å². The summed E-state index contributed by atoms with van der Waals surface area (Å²) >= 11 is 0. The zero-order valence-electron chi connectivity index (χ0n) is 13.4. The molecule has 1 fully saturated rings. The van der Waals surface area contributed by atoms with E-state index in [4.69, 9.17) is 0 Å². The van der Waals surface area contributed by atoms with Gasteiger partial charge in [-0.1, -0.05) is 6.07 Å². The fraction of sp³-hybridized carbons (Fsp3) is 0.353. The van der Waals surface area contributed by atoms with E-state index in [0.29, 0.717) is 38.2 Å². The summed E-state index contributed by atoms with van der Waals surface area (Å²) in [6.45, 7) is 1.94. The van der Waals surface area contributed by atoms with Gasteiger partial charge >= 0.3 is 6.18 Å². The maximum Gasteiger partial charge on any atom is 0.433 e. The van der Waals surface area contributed by atoms with Crippen LogP contribution in [0.3, 0.4) is 0 Å². The monoisotopic (exact) mass is 350 g/mol. The van der Waals surface area contributed by atoms with E-state index in [1.807, 2.05) is 0 Å². The van der Waals surface area contributed by atoms with Crippen LogP contribution < -0.4 is 4.90 Å². The van der Waals surface area contributed by atoms with Gasteiger partial charge in [-0.2, -0.15) is 13.2 Å². The number of carbonyl (C=O) groups is 1. The number of carbonyl (C=O) groups excluding carboxylic acids is 1. The highest BCUT2D eigenvalue weighted by Crippen LogP contribution is 2.29. The molecule has 8 heteroatoms. The van der Waals surface area contributed by atoms with Gasteiger partial charge in [-0.25, -0.2) is 4.98 Å². The number of amides is 1. The maximum absolute atomic E-state index is 12.8. The van der Waals surface area contributed by atoms with Crippen molar-refractivity contribution >= 4 is 11.7 Å². The minimum atomic E-state index is -4.47. The van der Waals surface area contributed by atoms with Crippen LogP contribution >= 0.6 is 0 Å². The van der Waals surface area contributed by atoms with Crippen molar-refractivity contribution in [3.05, 3.63) is 54.0 Å². The Balaban J connectivity index is 1.71. The van der Waals surface area contributed by atoms with Crippen LogP contribution in [-0.2, 0) is 6.18 Å². The largest absolute Gasteiger partial charge is 0.433 e. The van der Waals surface area contributed by atoms with Gasteiger partial charge in [0.2, 0.25) is 0 Å². The molecule has 0 unspecified atom stereocenters. The highest BCUT2D eigenvalue weighted by atomic mass is 19.4. The van der Waals surface area contributed by atoms with Gasteiger partial charge in [0.25, 0.3) is 5.91 Å². The molecule has 132 valence electrons. The normalized spacial score (nSPS) is 15.8. The van der Waals surface area contributed by atoms with Crippen LogP contribution in [0.25, 0.3) is 0 Å². The van der Waals surface area contributed by atoms with Crippen LogP contribution in [0.2, 0.25) is 0 Å². The first-order chi connectivity index (χ1) is 11.9. The molecule has 0 spiro atoms. The molecule has 0 saturated carbocycles. The molecule has 3 heterocycles. The number of anilines is 1. The summed E-state index contributed by atoms with van der Waals surface area (Å²) in [6.07, 6.45) is -0.701. The van der Waals surface area contributed by atoms with Crippen molar-refractivity contribution in [2.75, 3.05) is 31.1 Å². The zero-order valence-corrected chi connectivity index (χ0v) is 13.4. The molecule has 1 saturated heterocycles. The summed E-state index contributed by atoms with van der Waals surface area (Å²) < 4.78 is 38.5.